The van der Waals surface area contributed by atoms with Crippen LogP contribution < -0.4 is 0 Å². The molecular formula is C21H21BrN2O. The molecule has 1 aliphatic heterocycles. The van der Waals surface area contributed by atoms with E-state index in [1.165, 1.54) is 16.5 Å². The van der Waals surface area contributed by atoms with Gasteiger partial charge in [-0.2, -0.15) is 0 Å². The molecule has 3 aromatic rings. The summed E-state index contributed by atoms with van der Waals surface area (Å²) in [6.07, 6.45) is 5.36. The SMILES string of the molecule is O=C(c1ccccc1Br)N1CCC(Cc2c[nH]c3ccccc23)CC1. The first-order chi connectivity index (χ1) is 12.2. The third-order valence-corrected chi connectivity index (χ3v) is 5.88. The Kier molecular flexibility index (Phi) is 4.62. The number of H-pyrrole nitrogens is 1. The maximum absolute atomic E-state index is 12.7. The number of halogens is 1. The Labute approximate surface area is 156 Å². The number of rotatable bonds is 3. The molecule has 2 heterocycles. The van der Waals surface area contributed by atoms with Crippen molar-refractivity contribution in [2.45, 2.75) is 19.3 Å². The molecule has 1 saturated heterocycles. The van der Waals surface area contributed by atoms with Gasteiger partial charge in [-0.25, -0.2) is 0 Å². The Bertz CT molecular complexity index is 894. The van der Waals surface area contributed by atoms with Crippen LogP contribution in [0.4, 0.5) is 0 Å². The van der Waals surface area contributed by atoms with Gasteiger partial charge in [0.05, 0.1) is 5.56 Å². The van der Waals surface area contributed by atoms with Crippen LogP contribution in [-0.4, -0.2) is 28.9 Å². The average molecular weight is 397 g/mol. The maximum atomic E-state index is 12.7. The first-order valence-electron chi connectivity index (χ1n) is 8.81. The van der Waals surface area contributed by atoms with Crippen LogP contribution >= 0.6 is 15.9 Å². The number of nitrogens with one attached hydrogen (secondary N) is 1. The second-order valence-electron chi connectivity index (χ2n) is 6.78. The second kappa shape index (κ2) is 7.04. The third kappa shape index (κ3) is 3.36. The van der Waals surface area contributed by atoms with Crippen LogP contribution in [0.2, 0.25) is 0 Å². The fourth-order valence-electron chi connectivity index (χ4n) is 3.76. The largest absolute Gasteiger partial charge is 0.361 e. The quantitative estimate of drug-likeness (QED) is 0.662. The summed E-state index contributed by atoms with van der Waals surface area (Å²) >= 11 is 3.49. The molecule has 25 heavy (non-hydrogen) atoms. The van der Waals surface area contributed by atoms with Gasteiger partial charge in [-0.3, -0.25) is 4.79 Å². The number of carbonyl (C=O) groups excluding carboxylic acids is 1. The van der Waals surface area contributed by atoms with Gasteiger partial charge in [0, 0.05) is 34.7 Å². The van der Waals surface area contributed by atoms with Crippen LogP contribution in [-0.2, 0) is 6.42 Å². The van der Waals surface area contributed by atoms with Crippen molar-refractivity contribution >= 4 is 32.7 Å². The summed E-state index contributed by atoms with van der Waals surface area (Å²) in [7, 11) is 0. The number of aromatic amines is 1. The zero-order chi connectivity index (χ0) is 17.2. The van der Waals surface area contributed by atoms with Crippen molar-refractivity contribution in [2.24, 2.45) is 5.92 Å². The Morgan fingerprint density at radius 3 is 2.60 bits per heavy atom. The van der Waals surface area contributed by atoms with Gasteiger partial charge in [-0.1, -0.05) is 30.3 Å². The molecule has 1 fully saturated rings. The number of benzene rings is 2. The van der Waals surface area contributed by atoms with Crippen molar-refractivity contribution in [1.29, 1.82) is 0 Å². The number of piperidine rings is 1. The highest BCUT2D eigenvalue weighted by Gasteiger charge is 2.25. The molecule has 0 aliphatic carbocycles. The van der Waals surface area contributed by atoms with Crippen LogP contribution in [0.1, 0.15) is 28.8 Å². The summed E-state index contributed by atoms with van der Waals surface area (Å²) in [5.74, 6) is 0.778. The van der Waals surface area contributed by atoms with Gasteiger partial charge in [-0.05, 0) is 64.9 Å². The van der Waals surface area contributed by atoms with Crippen LogP contribution in [0.15, 0.2) is 59.2 Å². The molecule has 1 aliphatic rings. The lowest BCUT2D eigenvalue weighted by molar-refractivity contribution is 0.0689. The van der Waals surface area contributed by atoms with Gasteiger partial charge >= 0.3 is 0 Å². The lowest BCUT2D eigenvalue weighted by Crippen LogP contribution is -2.39. The van der Waals surface area contributed by atoms with E-state index >= 15 is 0 Å². The molecule has 4 rings (SSSR count). The van der Waals surface area contributed by atoms with E-state index in [4.69, 9.17) is 0 Å². The Balaban J connectivity index is 1.40. The van der Waals surface area contributed by atoms with Crippen LogP contribution in [0.5, 0.6) is 0 Å². The highest BCUT2D eigenvalue weighted by Crippen LogP contribution is 2.27. The second-order valence-corrected chi connectivity index (χ2v) is 7.63. The van der Waals surface area contributed by atoms with Gasteiger partial charge in [0.15, 0.2) is 0 Å². The van der Waals surface area contributed by atoms with Crippen molar-refractivity contribution in [3.8, 4) is 0 Å². The van der Waals surface area contributed by atoms with E-state index in [-0.39, 0.29) is 5.91 Å². The number of likely N-dealkylation sites (tertiary alicyclic amines) is 1. The summed E-state index contributed by atoms with van der Waals surface area (Å²) in [6, 6.07) is 16.1. The average Bonchev–Trinajstić information content (AvgIpc) is 3.05. The van der Waals surface area contributed by atoms with Crippen LogP contribution in [0.25, 0.3) is 10.9 Å². The lowest BCUT2D eigenvalue weighted by atomic mass is 9.90. The Hall–Kier alpha value is -2.07. The predicted octanol–water partition coefficient (Wildman–Crippen LogP) is 5.03. The summed E-state index contributed by atoms with van der Waals surface area (Å²) in [4.78, 5) is 18.1. The molecule has 0 spiro atoms. The first-order valence-corrected chi connectivity index (χ1v) is 9.60. The fraction of sp³-hybridized carbons (Fsp3) is 0.286. The number of fused-ring (bicyclic) bond motifs is 1. The Morgan fingerprint density at radius 1 is 1.08 bits per heavy atom. The molecule has 0 saturated carbocycles. The van der Waals surface area contributed by atoms with E-state index in [1.807, 2.05) is 29.2 Å². The van der Waals surface area contributed by atoms with E-state index in [0.717, 1.165) is 42.4 Å². The van der Waals surface area contributed by atoms with Crippen LogP contribution in [0.3, 0.4) is 0 Å². The molecule has 128 valence electrons. The molecule has 0 unspecified atom stereocenters. The highest BCUT2D eigenvalue weighted by atomic mass is 79.9. The fourth-order valence-corrected chi connectivity index (χ4v) is 4.21. The van der Waals surface area contributed by atoms with E-state index in [1.54, 1.807) is 0 Å². The predicted molar refractivity (Wildman–Crippen MR) is 105 cm³/mol. The van der Waals surface area contributed by atoms with Crippen molar-refractivity contribution in [2.75, 3.05) is 13.1 Å². The molecule has 2 aromatic carbocycles. The van der Waals surface area contributed by atoms with Gasteiger partial charge < -0.3 is 9.88 Å². The standard InChI is InChI=1S/C21H21BrN2O/c22-19-7-3-1-6-18(19)21(25)24-11-9-15(10-12-24)13-16-14-23-20-8-4-2-5-17(16)20/h1-8,14-15,23H,9-13H2. The zero-order valence-corrected chi connectivity index (χ0v) is 15.6. The first kappa shape index (κ1) is 16.4. The third-order valence-electron chi connectivity index (χ3n) is 5.19. The van der Waals surface area contributed by atoms with E-state index < -0.39 is 0 Å². The van der Waals surface area contributed by atoms with Crippen molar-refractivity contribution in [3.63, 3.8) is 0 Å². The monoisotopic (exact) mass is 396 g/mol. The van der Waals surface area contributed by atoms with E-state index in [0.29, 0.717) is 5.92 Å². The van der Waals surface area contributed by atoms with Gasteiger partial charge in [-0.15, -0.1) is 0 Å². The van der Waals surface area contributed by atoms with Gasteiger partial charge in [0.2, 0.25) is 0 Å². The molecular weight excluding hydrogens is 376 g/mol. The minimum Gasteiger partial charge on any atom is -0.361 e. The highest BCUT2D eigenvalue weighted by molar-refractivity contribution is 9.10. The van der Waals surface area contributed by atoms with Crippen molar-refractivity contribution in [3.05, 3.63) is 70.3 Å². The van der Waals surface area contributed by atoms with Crippen molar-refractivity contribution in [1.82, 2.24) is 9.88 Å². The summed E-state index contributed by atoms with van der Waals surface area (Å²) < 4.78 is 0.876. The molecule has 1 aromatic heterocycles. The van der Waals surface area contributed by atoms with Crippen molar-refractivity contribution < 1.29 is 4.79 Å². The zero-order valence-electron chi connectivity index (χ0n) is 14.0. The number of hydrogen-bond donors (Lipinski definition) is 1. The number of carbonyl (C=O) groups is 1. The van der Waals surface area contributed by atoms with E-state index in [2.05, 4.69) is 51.4 Å². The number of para-hydroxylation sites is 1. The molecule has 0 radical (unpaired) electrons. The van der Waals surface area contributed by atoms with Gasteiger partial charge in [0.1, 0.15) is 0 Å². The minimum atomic E-state index is 0.137. The summed E-state index contributed by atoms with van der Waals surface area (Å²) in [6.45, 7) is 1.68. The molecule has 3 nitrogen and oxygen atoms in total. The molecule has 0 bridgehead atoms. The Morgan fingerprint density at radius 2 is 1.80 bits per heavy atom. The summed E-state index contributed by atoms with van der Waals surface area (Å²) in [5, 5.41) is 1.33. The number of nitrogens with zero attached hydrogens (tertiary/aromatic N) is 1. The number of amides is 1. The number of aromatic nitrogens is 1. The maximum Gasteiger partial charge on any atom is 0.254 e. The van der Waals surface area contributed by atoms with E-state index in [9.17, 15) is 4.79 Å². The topological polar surface area (TPSA) is 36.1 Å². The van der Waals surface area contributed by atoms with Gasteiger partial charge in [0.25, 0.3) is 5.91 Å². The normalized spacial score (nSPS) is 15.6. The molecule has 1 N–H and O–H groups in total. The number of hydrogen-bond acceptors (Lipinski definition) is 1. The lowest BCUT2D eigenvalue weighted by Gasteiger charge is -2.32. The minimum absolute atomic E-state index is 0.137. The molecule has 4 heteroatoms. The smallest absolute Gasteiger partial charge is 0.254 e. The summed E-state index contributed by atoms with van der Waals surface area (Å²) in [5.41, 5.74) is 3.36. The van der Waals surface area contributed by atoms with Crippen LogP contribution in [0, 0.1) is 5.92 Å². The molecule has 1 amide bonds. The molecule has 0 atom stereocenters.